The van der Waals surface area contributed by atoms with Gasteiger partial charge in [-0.05, 0) is 151 Å². The molecule has 0 aliphatic carbocycles. The number of pyridine rings is 1. The number of nitrogens with zero attached hydrogens (tertiary/aromatic N) is 3. The molecule has 1 fully saturated rings. The molecule has 3 aromatic carbocycles. The standard InChI is InChI=1S/C74H101N19O17S/c1-40(2)37-55-70(106)85-49(26-31-75)65(101)84-52(29-34-78)69(105)91-62(41(3)94)72(108)81-36-30-53(68(104)83-50(27-32-76)67(103)89-56(71(107)88-55)38-43-13-7-6-8-14-43)86-66(102)51(28-33-77)87-73(109)63(42(4)95)90-60(97)24-23-59(96)82-54(22-25-61(98)99)74(110)93-57-39-45(111-58-17-10-9-16-47(58)64(100)79-5)19-20-46(57)48(92-93)21-18-44-15-11-12-35-80-44/h6-21,35,39-42,49-56,62-63,94-95H,22-34,36-38,75-78H2,1-5H3,(H,79,100)(H,81,108)(H,82,96)(H,83,104)(H,84,101)(H,85,106)(H,86,102)(H,87,109)(H,88,107)(H,89,103)(H,90,97)(H,91,105)(H,98,99)/b21-18+/t41-,42+,49?,50?,51-,52+,53-,54?,55+,56-,62?,63?/m1/s1. The van der Waals surface area contributed by atoms with Gasteiger partial charge < -0.3 is 102 Å². The summed E-state index contributed by atoms with van der Waals surface area (Å²) in [5, 5.41) is 67.0. The molecule has 1 aliphatic heterocycles. The van der Waals surface area contributed by atoms with E-state index in [-0.39, 0.29) is 82.0 Å². The zero-order valence-corrected chi connectivity index (χ0v) is 63.1. The van der Waals surface area contributed by atoms with Gasteiger partial charge in [-0.15, -0.1) is 0 Å². The lowest BCUT2D eigenvalue weighted by molar-refractivity contribution is -0.137. The number of hydrogen-bond donors (Lipinski definition) is 19. The van der Waals surface area contributed by atoms with Crippen LogP contribution in [0.1, 0.15) is 124 Å². The molecule has 6 rings (SSSR count). The van der Waals surface area contributed by atoms with E-state index in [2.05, 4.69) is 73.9 Å². The van der Waals surface area contributed by atoms with Crippen molar-refractivity contribution in [3.63, 3.8) is 0 Å². The van der Waals surface area contributed by atoms with Gasteiger partial charge in [-0.25, -0.2) is 0 Å². The predicted molar refractivity (Wildman–Crippen MR) is 408 cm³/mol. The predicted octanol–water partition coefficient (Wildman–Crippen LogP) is -2.79. The van der Waals surface area contributed by atoms with Crippen LogP contribution in [0.5, 0.6) is 0 Å². The third kappa shape index (κ3) is 27.5. The number of aromatic nitrogens is 3. The fourth-order valence-electron chi connectivity index (χ4n) is 11.7. The number of nitrogens with one attached hydrogen (secondary N) is 12. The molecule has 5 unspecified atom stereocenters. The first kappa shape index (κ1) is 88.8. The van der Waals surface area contributed by atoms with Crippen molar-refractivity contribution in [3.8, 4) is 0 Å². The van der Waals surface area contributed by atoms with Crippen molar-refractivity contribution in [1.29, 1.82) is 0 Å². The van der Waals surface area contributed by atoms with Crippen LogP contribution in [0.15, 0.2) is 107 Å². The van der Waals surface area contributed by atoms with Crippen LogP contribution in [0, 0.1) is 5.92 Å². The van der Waals surface area contributed by atoms with Gasteiger partial charge in [-0.2, -0.15) is 9.78 Å². The minimum atomic E-state index is -1.85. The molecule has 23 N–H and O–H groups in total. The highest BCUT2D eigenvalue weighted by molar-refractivity contribution is 7.99. The first-order chi connectivity index (χ1) is 53.0. The summed E-state index contributed by atoms with van der Waals surface area (Å²) in [7, 11) is 1.49. The third-order valence-electron chi connectivity index (χ3n) is 17.6. The Morgan fingerprint density at radius 2 is 1.19 bits per heavy atom. The SMILES string of the molecule is CNC(=O)c1ccccc1Sc1ccc2c(/C=C/c3ccccn3)nn(C(=O)C(CCC(=O)O)NC(=O)CCC(=O)NC(C(=O)N[C@H](CCN)C(=O)N[C@@H]3CCNC(=O)C([C@@H](C)O)NC(=O)[C@H](CCN)NC(=O)C(CCN)NC(=O)[C@H](CC(C)C)NC(=O)[C@@H](Cc4ccccc4)NC(=O)C(CCN)NC3=O)[C@H](C)O)c2c1. The highest BCUT2D eigenvalue weighted by atomic mass is 32.2. The topological polar surface area (TPSA) is 579 Å². The zero-order valence-electron chi connectivity index (χ0n) is 62.3. The molecule has 12 amide bonds. The smallest absolute Gasteiger partial charge is 0.303 e. The van der Waals surface area contributed by atoms with Crippen molar-refractivity contribution in [1.82, 2.24) is 78.6 Å². The van der Waals surface area contributed by atoms with Gasteiger partial charge >= 0.3 is 5.97 Å². The van der Waals surface area contributed by atoms with Crippen LogP contribution in [0.25, 0.3) is 23.1 Å². The van der Waals surface area contributed by atoms with Crippen molar-refractivity contribution in [2.75, 3.05) is 39.8 Å². The number of aliphatic carboxylic acids is 1. The van der Waals surface area contributed by atoms with E-state index in [0.29, 0.717) is 37.7 Å². The Kier molecular flexibility index (Phi) is 35.6. The second-order valence-corrected chi connectivity index (χ2v) is 27.9. The van der Waals surface area contributed by atoms with Crippen molar-refractivity contribution in [2.24, 2.45) is 28.9 Å². The summed E-state index contributed by atoms with van der Waals surface area (Å²) in [6.07, 6.45) is -2.58. The average molecular weight is 1560 g/mol. The molecule has 1 saturated heterocycles. The van der Waals surface area contributed by atoms with Crippen LogP contribution in [0.2, 0.25) is 0 Å². The maximum atomic E-state index is 14.7. The quantitative estimate of drug-likeness (QED) is 0.0207. The fraction of sp³-hybridized carbons (Fsp3) is 0.459. The summed E-state index contributed by atoms with van der Waals surface area (Å²) in [5.74, 6) is -13.7. The van der Waals surface area contributed by atoms with Crippen molar-refractivity contribution in [3.05, 3.63) is 120 Å². The van der Waals surface area contributed by atoms with Gasteiger partial charge in [-0.3, -0.25) is 72.1 Å². The molecule has 600 valence electrons. The molecular formula is C74H101N19O17S. The first-order valence-corrected chi connectivity index (χ1v) is 37.2. The normalized spacial score (nSPS) is 19.9. The molecule has 5 aromatic rings. The van der Waals surface area contributed by atoms with E-state index in [1.807, 2.05) is 0 Å². The lowest BCUT2D eigenvalue weighted by atomic mass is 10.00. The Balaban J connectivity index is 1.24. The zero-order chi connectivity index (χ0) is 81.4. The molecule has 111 heavy (non-hydrogen) atoms. The van der Waals surface area contributed by atoms with E-state index >= 15 is 0 Å². The van der Waals surface area contributed by atoms with Gasteiger partial charge in [0.1, 0.15) is 60.4 Å². The number of carbonyl (C=O) groups is 14. The molecule has 12 atom stereocenters. The van der Waals surface area contributed by atoms with E-state index in [0.717, 1.165) is 11.6 Å². The summed E-state index contributed by atoms with van der Waals surface area (Å²) >= 11 is 1.22. The second-order valence-electron chi connectivity index (χ2n) is 26.8. The molecule has 1 aliphatic rings. The molecule has 36 nitrogen and oxygen atoms in total. The number of nitrogens with two attached hydrogens (primary N) is 4. The van der Waals surface area contributed by atoms with Gasteiger partial charge in [0.25, 0.3) is 11.8 Å². The number of aliphatic hydroxyl groups excluding tert-OH is 2. The summed E-state index contributed by atoms with van der Waals surface area (Å²) in [6, 6.07) is 9.85. The molecule has 37 heteroatoms. The number of hydrogen-bond acceptors (Lipinski definition) is 23. The Morgan fingerprint density at radius 3 is 1.77 bits per heavy atom. The number of rotatable bonds is 32. The maximum Gasteiger partial charge on any atom is 0.303 e. The fourth-order valence-corrected chi connectivity index (χ4v) is 12.7. The summed E-state index contributed by atoms with van der Waals surface area (Å²) in [4.78, 5) is 201. The van der Waals surface area contributed by atoms with Crippen LogP contribution < -0.4 is 86.7 Å². The van der Waals surface area contributed by atoms with Crippen molar-refractivity contribution < 1.29 is 82.4 Å². The molecule has 3 heterocycles. The third-order valence-corrected chi connectivity index (χ3v) is 18.6. The van der Waals surface area contributed by atoms with E-state index < -0.39 is 188 Å². The number of amides is 12. The number of carbonyl (C=O) groups excluding carboxylic acids is 13. The largest absolute Gasteiger partial charge is 0.481 e. The van der Waals surface area contributed by atoms with Gasteiger partial charge in [0.2, 0.25) is 65.0 Å². The van der Waals surface area contributed by atoms with Gasteiger partial charge in [0.15, 0.2) is 0 Å². The van der Waals surface area contributed by atoms with Crippen LogP contribution >= 0.6 is 11.8 Å². The van der Waals surface area contributed by atoms with Gasteiger partial charge in [0, 0.05) is 60.6 Å². The number of fused-ring (bicyclic) bond motifs is 1. The maximum absolute atomic E-state index is 14.7. The second kappa shape index (κ2) is 44.5. The van der Waals surface area contributed by atoms with Crippen LogP contribution in [-0.4, -0.2) is 225 Å². The van der Waals surface area contributed by atoms with E-state index in [1.165, 1.54) is 25.7 Å². The van der Waals surface area contributed by atoms with Crippen LogP contribution in [0.4, 0.5) is 0 Å². The molecular weight excluding hydrogens is 1460 g/mol. The lowest BCUT2D eigenvalue weighted by Gasteiger charge is -2.28. The first-order valence-electron chi connectivity index (χ1n) is 36.4. The Hall–Kier alpha value is -11.1. The van der Waals surface area contributed by atoms with Gasteiger partial charge in [0.05, 0.1) is 34.7 Å². The highest BCUT2D eigenvalue weighted by Crippen LogP contribution is 2.34. The number of benzene rings is 3. The summed E-state index contributed by atoms with van der Waals surface area (Å²) in [6.45, 7) is 4.43. The van der Waals surface area contributed by atoms with Crippen molar-refractivity contribution >= 4 is 118 Å². The number of aliphatic hydroxyl groups is 2. The number of carboxylic acids is 1. The Bertz CT molecular complexity index is 4110. The molecule has 0 spiro atoms. The highest BCUT2D eigenvalue weighted by Gasteiger charge is 2.38. The molecule has 0 radical (unpaired) electrons. The van der Waals surface area contributed by atoms with E-state index in [1.54, 1.807) is 123 Å². The van der Waals surface area contributed by atoms with Crippen molar-refractivity contribution in [2.45, 2.75) is 181 Å². The monoisotopic (exact) mass is 1560 g/mol. The summed E-state index contributed by atoms with van der Waals surface area (Å²) in [5.41, 5.74) is 25.7. The Morgan fingerprint density at radius 1 is 0.613 bits per heavy atom. The minimum Gasteiger partial charge on any atom is -0.481 e. The average Bonchev–Trinajstić information content (AvgIpc) is 1.63. The Labute approximate surface area is 644 Å². The number of carboxylic acid groups (broad SMARTS) is 1. The van der Waals surface area contributed by atoms with Crippen LogP contribution in [-0.2, 0) is 64.0 Å². The van der Waals surface area contributed by atoms with E-state index in [4.69, 9.17) is 22.9 Å². The summed E-state index contributed by atoms with van der Waals surface area (Å²) < 4.78 is 1.02. The molecule has 0 bridgehead atoms. The van der Waals surface area contributed by atoms with Gasteiger partial charge in [-0.1, -0.05) is 74.1 Å². The molecule has 2 aromatic heterocycles. The minimum absolute atomic E-state index is 0.0110. The van der Waals surface area contributed by atoms with E-state index in [9.17, 15) is 82.4 Å². The van der Waals surface area contributed by atoms with Crippen LogP contribution in [0.3, 0.4) is 0 Å². The lowest BCUT2D eigenvalue weighted by Crippen LogP contribution is -2.61. The molecule has 0 saturated carbocycles.